The van der Waals surface area contributed by atoms with Crippen LogP contribution in [0.4, 0.5) is 0 Å². The van der Waals surface area contributed by atoms with Crippen LogP contribution in [0.5, 0.6) is 0 Å². The van der Waals surface area contributed by atoms with Crippen molar-refractivity contribution in [3.63, 3.8) is 0 Å². The smallest absolute Gasteiger partial charge is 0.0701 e. The lowest BCUT2D eigenvalue weighted by molar-refractivity contribution is -0.0283. The van der Waals surface area contributed by atoms with E-state index in [2.05, 4.69) is 6.92 Å². The molecule has 296 valence electrons. The standard InChI is InChI=1S/C36H75NO12/c1-2-3-4-5-6-7-8-9-10-11-13-38-15-17-40-19-21-42-23-25-44-27-29-46-31-33-48-35-36-49-34-32-47-30-28-45-26-24-43-22-20-41-18-16-39-14-12-37/h2-37H2,1H3. The molecule has 0 radical (unpaired) electrons. The molecule has 0 heterocycles. The quantitative estimate of drug-likeness (QED) is 0.0909. The third kappa shape index (κ3) is 47.5. The molecule has 0 amide bonds. The Balaban J connectivity index is 3.04. The van der Waals surface area contributed by atoms with Gasteiger partial charge in [-0.05, 0) is 6.42 Å². The zero-order valence-corrected chi connectivity index (χ0v) is 31.2. The van der Waals surface area contributed by atoms with Crippen LogP contribution < -0.4 is 5.73 Å². The molecule has 0 unspecified atom stereocenters. The topological polar surface area (TPSA) is 137 Å². The maximum absolute atomic E-state index is 5.65. The van der Waals surface area contributed by atoms with Crippen molar-refractivity contribution in [1.29, 1.82) is 0 Å². The van der Waals surface area contributed by atoms with Gasteiger partial charge in [-0.2, -0.15) is 0 Å². The lowest BCUT2D eigenvalue weighted by atomic mass is 10.1. The summed E-state index contributed by atoms with van der Waals surface area (Å²) in [4.78, 5) is 0. The van der Waals surface area contributed by atoms with E-state index in [4.69, 9.17) is 62.6 Å². The van der Waals surface area contributed by atoms with E-state index >= 15 is 0 Å². The molecule has 0 atom stereocenters. The fourth-order valence-electron chi connectivity index (χ4n) is 4.30. The van der Waals surface area contributed by atoms with Crippen molar-refractivity contribution in [3.05, 3.63) is 0 Å². The number of rotatable bonds is 46. The van der Waals surface area contributed by atoms with Crippen molar-refractivity contribution < 1.29 is 56.8 Å². The van der Waals surface area contributed by atoms with Gasteiger partial charge in [0.15, 0.2) is 0 Å². The van der Waals surface area contributed by atoms with Gasteiger partial charge in [-0.3, -0.25) is 0 Å². The molecule has 0 aliphatic carbocycles. The summed E-state index contributed by atoms with van der Waals surface area (Å²) in [7, 11) is 0. The second kappa shape index (κ2) is 47.5. The second-order valence-corrected chi connectivity index (χ2v) is 11.3. The molecule has 0 spiro atoms. The number of nitrogens with two attached hydrogens (primary N) is 1. The molecule has 0 rings (SSSR count). The molecule has 0 aromatic heterocycles. The predicted molar refractivity (Wildman–Crippen MR) is 191 cm³/mol. The molecule has 0 aliphatic heterocycles. The molecule has 0 saturated heterocycles. The van der Waals surface area contributed by atoms with Gasteiger partial charge in [0.2, 0.25) is 0 Å². The van der Waals surface area contributed by atoms with Crippen molar-refractivity contribution in [2.45, 2.75) is 71.1 Å². The maximum atomic E-state index is 5.65. The normalized spacial score (nSPS) is 11.6. The van der Waals surface area contributed by atoms with Crippen LogP contribution in [0.15, 0.2) is 0 Å². The highest BCUT2D eigenvalue weighted by Gasteiger charge is 1.97. The van der Waals surface area contributed by atoms with Crippen molar-refractivity contribution in [2.75, 3.05) is 165 Å². The van der Waals surface area contributed by atoms with Crippen LogP contribution in [0.25, 0.3) is 0 Å². The fourth-order valence-corrected chi connectivity index (χ4v) is 4.30. The minimum absolute atomic E-state index is 0.517. The van der Waals surface area contributed by atoms with E-state index in [9.17, 15) is 0 Å². The van der Waals surface area contributed by atoms with E-state index in [0.717, 1.165) is 13.0 Å². The molecule has 2 N–H and O–H groups in total. The summed E-state index contributed by atoms with van der Waals surface area (Å²) < 4.78 is 65.7. The predicted octanol–water partition coefficient (Wildman–Crippen LogP) is 4.07. The Morgan fingerprint density at radius 1 is 0.224 bits per heavy atom. The minimum atomic E-state index is 0.517. The van der Waals surface area contributed by atoms with Gasteiger partial charge < -0.3 is 62.6 Å². The molecule has 0 saturated carbocycles. The monoisotopic (exact) mass is 714 g/mol. The minimum Gasteiger partial charge on any atom is -0.379 e. The average Bonchev–Trinajstić information content (AvgIpc) is 3.11. The first-order valence-corrected chi connectivity index (χ1v) is 19.0. The molecule has 0 fully saturated rings. The first-order valence-electron chi connectivity index (χ1n) is 19.0. The first-order chi connectivity index (χ1) is 24.4. The van der Waals surface area contributed by atoms with E-state index in [0.29, 0.717) is 159 Å². The highest BCUT2D eigenvalue weighted by molar-refractivity contribution is 4.47. The van der Waals surface area contributed by atoms with Gasteiger partial charge in [0.25, 0.3) is 0 Å². The van der Waals surface area contributed by atoms with Crippen molar-refractivity contribution >= 4 is 0 Å². The first kappa shape index (κ1) is 48.5. The number of unbranched alkanes of at least 4 members (excludes halogenated alkanes) is 9. The van der Waals surface area contributed by atoms with Crippen molar-refractivity contribution in [2.24, 2.45) is 5.73 Å². The Morgan fingerprint density at radius 3 is 0.633 bits per heavy atom. The van der Waals surface area contributed by atoms with Crippen LogP contribution in [0, 0.1) is 0 Å². The van der Waals surface area contributed by atoms with E-state index in [1.807, 2.05) is 0 Å². The van der Waals surface area contributed by atoms with E-state index in [-0.39, 0.29) is 0 Å². The fraction of sp³-hybridized carbons (Fsp3) is 1.00. The summed E-state index contributed by atoms with van der Waals surface area (Å²) in [6.07, 6.45) is 13.4. The van der Waals surface area contributed by atoms with Crippen LogP contribution in [0.2, 0.25) is 0 Å². The summed E-state index contributed by atoms with van der Waals surface area (Å²) in [5, 5.41) is 0. The third-order valence-electron chi connectivity index (χ3n) is 7.00. The Bertz CT molecular complexity index is 522. The van der Waals surface area contributed by atoms with Crippen LogP contribution in [-0.2, 0) is 56.8 Å². The van der Waals surface area contributed by atoms with Crippen LogP contribution in [0.3, 0.4) is 0 Å². The number of hydrogen-bond donors (Lipinski definition) is 1. The Kier molecular flexibility index (Phi) is 47.0. The van der Waals surface area contributed by atoms with Gasteiger partial charge in [-0.25, -0.2) is 0 Å². The molecule has 0 aromatic carbocycles. The summed E-state index contributed by atoms with van der Waals surface area (Å²) >= 11 is 0. The van der Waals surface area contributed by atoms with E-state index < -0.39 is 0 Å². The van der Waals surface area contributed by atoms with Crippen molar-refractivity contribution in [1.82, 2.24) is 0 Å². The Morgan fingerprint density at radius 2 is 0.408 bits per heavy atom. The zero-order chi connectivity index (χ0) is 35.2. The molecular weight excluding hydrogens is 638 g/mol. The number of hydrogen-bond acceptors (Lipinski definition) is 13. The van der Waals surface area contributed by atoms with Crippen LogP contribution in [0.1, 0.15) is 71.1 Å². The largest absolute Gasteiger partial charge is 0.379 e. The van der Waals surface area contributed by atoms with Crippen LogP contribution >= 0.6 is 0 Å². The van der Waals surface area contributed by atoms with Gasteiger partial charge in [0.1, 0.15) is 0 Å². The average molecular weight is 714 g/mol. The molecule has 13 heteroatoms. The lowest BCUT2D eigenvalue weighted by Gasteiger charge is -2.09. The summed E-state index contributed by atoms with van der Waals surface area (Å²) in [5.74, 6) is 0. The van der Waals surface area contributed by atoms with Crippen molar-refractivity contribution in [3.8, 4) is 0 Å². The molecule has 0 aliphatic rings. The summed E-state index contributed by atoms with van der Waals surface area (Å²) in [5.41, 5.74) is 5.34. The highest BCUT2D eigenvalue weighted by atomic mass is 16.6. The molecule has 0 bridgehead atoms. The zero-order valence-electron chi connectivity index (χ0n) is 31.2. The molecule has 13 nitrogen and oxygen atoms in total. The summed E-state index contributed by atoms with van der Waals surface area (Å²) in [6, 6.07) is 0. The lowest BCUT2D eigenvalue weighted by Crippen LogP contribution is -2.15. The maximum Gasteiger partial charge on any atom is 0.0701 e. The van der Waals surface area contributed by atoms with Gasteiger partial charge in [-0.1, -0.05) is 64.7 Å². The Labute approximate surface area is 298 Å². The van der Waals surface area contributed by atoms with E-state index in [1.54, 1.807) is 0 Å². The second-order valence-electron chi connectivity index (χ2n) is 11.3. The van der Waals surface area contributed by atoms with Gasteiger partial charge in [0, 0.05) is 13.2 Å². The third-order valence-corrected chi connectivity index (χ3v) is 7.00. The van der Waals surface area contributed by atoms with Gasteiger partial charge >= 0.3 is 0 Å². The summed E-state index contributed by atoms with van der Waals surface area (Å²) in [6.45, 7) is 16.1. The highest BCUT2D eigenvalue weighted by Crippen LogP contribution is 2.10. The molecular formula is C36H75NO12. The number of ether oxygens (including phenoxy) is 12. The van der Waals surface area contributed by atoms with E-state index in [1.165, 1.54) is 57.8 Å². The molecule has 0 aromatic rings. The van der Waals surface area contributed by atoms with Gasteiger partial charge in [0.05, 0.1) is 152 Å². The Hall–Kier alpha value is -0.520. The van der Waals surface area contributed by atoms with Crippen LogP contribution in [-0.4, -0.2) is 165 Å². The van der Waals surface area contributed by atoms with Gasteiger partial charge in [-0.15, -0.1) is 0 Å². The molecule has 49 heavy (non-hydrogen) atoms. The SMILES string of the molecule is CCCCCCCCCCCCOCCOCCOCCOCCOCCOCCOCCOCCOCCOCCOCCOCCN.